The molecule has 16 heteroatoms. The maximum atomic E-state index is 12.7. The summed E-state index contributed by atoms with van der Waals surface area (Å²) >= 11 is 0. The molecule has 1 spiro atoms. The minimum absolute atomic E-state index is 0.0661. The molecule has 10 rings (SSSR count). The molecule has 2 aromatic carbocycles. The van der Waals surface area contributed by atoms with Gasteiger partial charge in [0.25, 0.3) is 5.91 Å². The molecule has 1 aliphatic carbocycles. The lowest BCUT2D eigenvalue weighted by atomic mass is 9.82. The number of aryl methyl sites for hydroxylation is 1. The van der Waals surface area contributed by atoms with E-state index in [1.54, 1.807) is 11.1 Å². The number of hydrogen-bond acceptors (Lipinski definition) is 12. The van der Waals surface area contributed by atoms with Crippen LogP contribution in [0.1, 0.15) is 83.7 Å². The molecular weight excluding hydrogens is 753 g/mol. The van der Waals surface area contributed by atoms with Crippen molar-refractivity contribution in [3.05, 3.63) is 64.6 Å². The largest absolute Gasteiger partial charge is 0.487 e. The number of likely N-dealkylation sites (N-methyl/N-ethyl adjacent to an activating group) is 1. The molecule has 59 heavy (non-hydrogen) atoms. The number of benzene rings is 2. The Hall–Kier alpha value is -5.48. The fraction of sp³-hybridized carbons (Fsp3) is 0.535. The number of urea groups is 1. The minimum atomic E-state index is -0.798. The first-order valence-electron chi connectivity index (χ1n) is 21.2. The van der Waals surface area contributed by atoms with Gasteiger partial charge in [0.15, 0.2) is 17.1 Å². The summed E-state index contributed by atoms with van der Waals surface area (Å²) in [6, 6.07) is 10.4. The molecule has 6 aliphatic rings. The molecule has 4 amide bonds. The molecule has 4 atom stereocenters. The number of aliphatic hydroxyl groups is 1. The Morgan fingerprint density at radius 3 is 2.69 bits per heavy atom. The Kier molecular flexibility index (Phi) is 9.58. The maximum Gasteiger partial charge on any atom is 0.320 e. The Balaban J connectivity index is 0.760. The van der Waals surface area contributed by atoms with Gasteiger partial charge in [-0.15, -0.1) is 0 Å². The number of rotatable bonds is 8. The number of primary amides is 1. The molecule has 2 aromatic heterocycles. The van der Waals surface area contributed by atoms with Crippen LogP contribution in [0.5, 0.6) is 5.75 Å². The first-order valence-corrected chi connectivity index (χ1v) is 21.2. The molecule has 5 N–H and O–H groups in total. The van der Waals surface area contributed by atoms with Crippen molar-refractivity contribution in [1.29, 1.82) is 0 Å². The van der Waals surface area contributed by atoms with E-state index in [2.05, 4.69) is 48.8 Å². The van der Waals surface area contributed by atoms with Gasteiger partial charge < -0.3 is 50.3 Å². The van der Waals surface area contributed by atoms with Crippen LogP contribution in [0.4, 0.5) is 22.1 Å². The highest BCUT2D eigenvalue weighted by molar-refractivity contribution is 5.96. The predicted octanol–water partition coefficient (Wildman–Crippen LogP) is 3.68. The van der Waals surface area contributed by atoms with E-state index < -0.39 is 18.1 Å². The van der Waals surface area contributed by atoms with Crippen LogP contribution in [0.15, 0.2) is 41.1 Å². The zero-order chi connectivity index (χ0) is 40.4. The van der Waals surface area contributed by atoms with E-state index in [0.717, 1.165) is 119 Å². The van der Waals surface area contributed by atoms with E-state index >= 15 is 0 Å². The number of fused-ring (bicyclic) bond motifs is 4. The maximum absolute atomic E-state index is 12.7. The number of ether oxygens (including phenoxy) is 1. The van der Waals surface area contributed by atoms with E-state index in [4.69, 9.17) is 20.0 Å². The third kappa shape index (κ3) is 7.09. The normalized spacial score (nSPS) is 25.6. The number of nitrogens with zero attached hydrogens (tertiary/aromatic N) is 7. The van der Waals surface area contributed by atoms with Crippen molar-refractivity contribution in [1.82, 2.24) is 35.1 Å². The molecule has 0 saturated carbocycles. The van der Waals surface area contributed by atoms with E-state index in [0.29, 0.717) is 42.6 Å². The van der Waals surface area contributed by atoms with E-state index in [1.807, 2.05) is 24.1 Å². The number of anilines is 3. The number of nitrogens with one attached hydrogen (secondary N) is 2. The van der Waals surface area contributed by atoms with E-state index in [-0.39, 0.29) is 29.3 Å². The quantitative estimate of drug-likeness (QED) is 0.202. The summed E-state index contributed by atoms with van der Waals surface area (Å²) in [6.07, 6.45) is 9.37. The van der Waals surface area contributed by atoms with Crippen molar-refractivity contribution in [2.45, 2.75) is 88.0 Å². The zero-order valence-corrected chi connectivity index (χ0v) is 33.5. The summed E-state index contributed by atoms with van der Waals surface area (Å²) in [7, 11) is 1.84. The van der Waals surface area contributed by atoms with Crippen LogP contribution in [0.3, 0.4) is 0 Å². The van der Waals surface area contributed by atoms with Gasteiger partial charge >= 0.3 is 6.03 Å². The average molecular weight is 805 g/mol. The fourth-order valence-electron chi connectivity index (χ4n) is 10.5. The first kappa shape index (κ1) is 37.8. The Morgan fingerprint density at radius 2 is 1.90 bits per heavy atom. The molecule has 0 bridgehead atoms. The average Bonchev–Trinajstić information content (AvgIpc) is 3.95. The predicted molar refractivity (Wildman–Crippen MR) is 219 cm³/mol. The van der Waals surface area contributed by atoms with Gasteiger partial charge in [0, 0.05) is 69.5 Å². The zero-order valence-electron chi connectivity index (χ0n) is 33.5. The number of carbonyl (C=O) groups is 3. The fourth-order valence-corrected chi connectivity index (χ4v) is 10.5. The molecule has 2 unspecified atom stereocenters. The molecule has 5 aliphatic heterocycles. The smallest absolute Gasteiger partial charge is 0.320 e. The highest BCUT2D eigenvalue weighted by Gasteiger charge is 2.41. The number of aliphatic hydroxyl groups excluding tert-OH is 1. The van der Waals surface area contributed by atoms with Gasteiger partial charge in [-0.3, -0.25) is 9.59 Å². The van der Waals surface area contributed by atoms with Gasteiger partial charge in [-0.25, -0.2) is 14.8 Å². The molecule has 4 aromatic rings. The summed E-state index contributed by atoms with van der Waals surface area (Å²) < 4.78 is 12.7. The van der Waals surface area contributed by atoms with Gasteiger partial charge in [-0.05, 0) is 106 Å². The Bertz CT molecular complexity index is 2310. The van der Waals surface area contributed by atoms with Crippen LogP contribution in [0, 0.1) is 5.92 Å². The number of likely N-dealkylation sites (tertiary alicyclic amines) is 1. The lowest BCUT2D eigenvalue weighted by Gasteiger charge is -2.45. The standard InChI is InChI=1S/C43H52N10O6/c1-50-17-18-53(42(50)57)29-3-2-14-52(24-29)34-22-45-37(39(44)55)40(47-34)46-28-5-8-33-27(21-28)10-11-43(58-33)12-15-51(16-13-43)23-25-19-26-4-6-30-36(49-59-38(30)32(26)20-25)31-7-9-35(54)48-41(31)56/h4-6,8,21-22,25,29,31,35,54H,2-3,7,9-20,23-24H2,1H3,(H2,44,55)(H,46,47)(H,48,56)/t25-,29-,31?,35?/m1/s1. The summed E-state index contributed by atoms with van der Waals surface area (Å²) in [4.78, 5) is 55.5. The highest BCUT2D eigenvalue weighted by Crippen LogP contribution is 2.42. The number of amides is 4. The van der Waals surface area contributed by atoms with Crippen molar-refractivity contribution in [3.63, 3.8) is 0 Å². The number of hydrogen-bond donors (Lipinski definition) is 4. The number of piperidine rings is 3. The molecule has 310 valence electrons. The second-order valence-electron chi connectivity index (χ2n) is 17.5. The van der Waals surface area contributed by atoms with Crippen molar-refractivity contribution in [3.8, 4) is 5.75 Å². The molecule has 7 heterocycles. The minimum Gasteiger partial charge on any atom is -0.487 e. The van der Waals surface area contributed by atoms with Crippen LogP contribution in [-0.4, -0.2) is 124 Å². The van der Waals surface area contributed by atoms with Crippen molar-refractivity contribution in [2.24, 2.45) is 11.7 Å². The Labute approximate surface area is 342 Å². The summed E-state index contributed by atoms with van der Waals surface area (Å²) in [6.45, 7) is 5.84. The monoisotopic (exact) mass is 804 g/mol. The third-order valence-corrected chi connectivity index (χ3v) is 13.7. The third-order valence-electron chi connectivity index (χ3n) is 13.7. The van der Waals surface area contributed by atoms with Crippen LogP contribution in [-0.2, 0) is 24.1 Å². The molecular formula is C43H52N10O6. The van der Waals surface area contributed by atoms with Gasteiger partial charge in [-0.2, -0.15) is 0 Å². The van der Waals surface area contributed by atoms with E-state index in [9.17, 15) is 19.5 Å². The summed E-state index contributed by atoms with van der Waals surface area (Å²) in [5.41, 5.74) is 11.5. The van der Waals surface area contributed by atoms with E-state index in [1.165, 1.54) is 11.1 Å². The number of carbonyl (C=O) groups excluding carboxylic acids is 3. The molecule has 4 saturated heterocycles. The van der Waals surface area contributed by atoms with Crippen LogP contribution < -0.4 is 26.0 Å². The lowest BCUT2D eigenvalue weighted by molar-refractivity contribution is -0.128. The van der Waals surface area contributed by atoms with Crippen molar-refractivity contribution < 1.29 is 28.8 Å². The number of aromatic nitrogens is 3. The first-order chi connectivity index (χ1) is 28.6. The topological polar surface area (TPSA) is 196 Å². The molecule has 0 radical (unpaired) electrons. The van der Waals surface area contributed by atoms with Crippen LogP contribution in [0.25, 0.3) is 11.0 Å². The summed E-state index contributed by atoms with van der Waals surface area (Å²) in [5, 5.41) is 21.1. The summed E-state index contributed by atoms with van der Waals surface area (Å²) in [5.74, 6) is 1.06. The lowest BCUT2D eigenvalue weighted by Crippen LogP contribution is -2.50. The molecule has 4 fully saturated rings. The van der Waals surface area contributed by atoms with Gasteiger partial charge in [0.2, 0.25) is 5.91 Å². The highest BCUT2D eigenvalue weighted by atomic mass is 16.5. The van der Waals surface area contributed by atoms with Crippen molar-refractivity contribution in [2.75, 3.05) is 63.1 Å². The van der Waals surface area contributed by atoms with Crippen LogP contribution in [0.2, 0.25) is 0 Å². The second-order valence-corrected chi connectivity index (χ2v) is 17.5. The number of nitrogens with two attached hydrogens (primary N) is 1. The van der Waals surface area contributed by atoms with Crippen molar-refractivity contribution >= 4 is 46.1 Å². The molecule has 16 nitrogen and oxygen atoms in total. The van der Waals surface area contributed by atoms with Gasteiger partial charge in [-0.1, -0.05) is 11.2 Å². The van der Waals surface area contributed by atoms with Crippen LogP contribution >= 0.6 is 0 Å². The second kappa shape index (κ2) is 15.0. The Morgan fingerprint density at radius 1 is 1.03 bits per heavy atom. The van der Waals surface area contributed by atoms with Gasteiger partial charge in [0.1, 0.15) is 29.1 Å². The van der Waals surface area contributed by atoms with Gasteiger partial charge in [0.05, 0.1) is 18.2 Å². The SMILES string of the molecule is CN1CCN([C@@H]2CCCN(c3cnc(C(N)=O)c(Nc4ccc5c(c4)CCC4(CCN(C[C@@H]6Cc7ccc8c(C9CCC(O)NC9=O)noc8c7C6)CC4)O5)n3)C2)C1=O.